The molecule has 1 heterocycles. The Kier molecular flexibility index (Phi) is 2.44. The van der Waals surface area contributed by atoms with Gasteiger partial charge in [0, 0.05) is 19.8 Å². The SMILES string of the molecule is CCS(=O)(=O)N1C=C(C)CN1C. The van der Waals surface area contributed by atoms with Gasteiger partial charge in [0.1, 0.15) is 0 Å². The first kappa shape index (κ1) is 9.54. The monoisotopic (exact) mass is 190 g/mol. The van der Waals surface area contributed by atoms with Gasteiger partial charge in [-0.2, -0.15) is 0 Å². The van der Waals surface area contributed by atoms with Gasteiger partial charge in [0.2, 0.25) is 10.0 Å². The van der Waals surface area contributed by atoms with Crippen LogP contribution in [0.1, 0.15) is 13.8 Å². The number of hydrazine groups is 1. The molecule has 5 heteroatoms. The minimum Gasteiger partial charge on any atom is -0.207 e. The van der Waals surface area contributed by atoms with E-state index in [1.165, 1.54) is 4.41 Å². The van der Waals surface area contributed by atoms with Gasteiger partial charge < -0.3 is 0 Å². The Morgan fingerprint density at radius 1 is 1.58 bits per heavy atom. The first-order chi connectivity index (χ1) is 5.47. The van der Waals surface area contributed by atoms with Crippen LogP contribution in [0.3, 0.4) is 0 Å². The number of sulfonamides is 1. The number of hydrogen-bond acceptors (Lipinski definition) is 3. The van der Waals surface area contributed by atoms with Crippen LogP contribution >= 0.6 is 0 Å². The average Bonchev–Trinajstić information content (AvgIpc) is 2.31. The van der Waals surface area contributed by atoms with Crippen molar-refractivity contribution in [3.8, 4) is 0 Å². The summed E-state index contributed by atoms with van der Waals surface area (Å²) < 4.78 is 24.1. The Labute approximate surface area is 73.5 Å². The molecule has 12 heavy (non-hydrogen) atoms. The van der Waals surface area contributed by atoms with Crippen molar-refractivity contribution in [2.24, 2.45) is 0 Å². The Bertz CT molecular complexity index is 295. The summed E-state index contributed by atoms with van der Waals surface area (Å²) in [6.07, 6.45) is 1.67. The van der Waals surface area contributed by atoms with Crippen LogP contribution in [-0.2, 0) is 10.0 Å². The lowest BCUT2D eigenvalue weighted by Gasteiger charge is -2.23. The summed E-state index contributed by atoms with van der Waals surface area (Å²) in [5.41, 5.74) is 1.06. The molecular formula is C7H14N2O2S. The number of likely N-dealkylation sites (N-methyl/N-ethyl adjacent to an activating group) is 1. The molecule has 1 aliphatic rings. The Balaban J connectivity index is 2.91. The normalized spacial score (nSPS) is 19.9. The molecule has 0 bridgehead atoms. The Morgan fingerprint density at radius 3 is 2.50 bits per heavy atom. The molecule has 0 aliphatic carbocycles. The van der Waals surface area contributed by atoms with Gasteiger partial charge in [-0.05, 0) is 19.4 Å². The van der Waals surface area contributed by atoms with Crippen LogP contribution in [0, 0.1) is 0 Å². The van der Waals surface area contributed by atoms with Gasteiger partial charge in [0.05, 0.1) is 5.75 Å². The molecule has 0 aromatic rings. The summed E-state index contributed by atoms with van der Waals surface area (Å²) in [6.45, 7) is 4.26. The predicted octanol–water partition coefficient (Wildman–Crippen LogP) is 0.402. The quantitative estimate of drug-likeness (QED) is 0.633. The Hall–Kier alpha value is -0.550. The van der Waals surface area contributed by atoms with Crippen molar-refractivity contribution in [1.29, 1.82) is 0 Å². The second-order valence-electron chi connectivity index (χ2n) is 2.96. The maximum atomic E-state index is 11.4. The van der Waals surface area contributed by atoms with E-state index < -0.39 is 10.0 Å². The van der Waals surface area contributed by atoms with Gasteiger partial charge in [-0.15, -0.1) is 0 Å². The molecular weight excluding hydrogens is 176 g/mol. The summed E-state index contributed by atoms with van der Waals surface area (Å²) in [7, 11) is -1.33. The van der Waals surface area contributed by atoms with Crippen molar-refractivity contribution in [2.45, 2.75) is 13.8 Å². The van der Waals surface area contributed by atoms with Gasteiger partial charge in [-0.1, -0.05) is 0 Å². The Morgan fingerprint density at radius 2 is 2.17 bits per heavy atom. The maximum absolute atomic E-state index is 11.4. The van der Waals surface area contributed by atoms with Crippen LogP contribution in [0.25, 0.3) is 0 Å². The summed E-state index contributed by atoms with van der Waals surface area (Å²) in [4.78, 5) is 0. The summed E-state index contributed by atoms with van der Waals surface area (Å²) >= 11 is 0. The molecule has 70 valence electrons. The summed E-state index contributed by atoms with van der Waals surface area (Å²) in [6, 6.07) is 0. The number of nitrogens with zero attached hydrogens (tertiary/aromatic N) is 2. The molecule has 4 nitrogen and oxygen atoms in total. The van der Waals surface area contributed by atoms with Crippen molar-refractivity contribution in [2.75, 3.05) is 19.3 Å². The van der Waals surface area contributed by atoms with Crippen LogP contribution in [0.2, 0.25) is 0 Å². The molecule has 1 rings (SSSR count). The average molecular weight is 190 g/mol. The van der Waals surface area contributed by atoms with E-state index in [2.05, 4.69) is 0 Å². The van der Waals surface area contributed by atoms with Gasteiger partial charge in [0.25, 0.3) is 0 Å². The van der Waals surface area contributed by atoms with Gasteiger partial charge in [0.15, 0.2) is 0 Å². The molecule has 0 N–H and O–H groups in total. The number of rotatable bonds is 2. The van der Waals surface area contributed by atoms with Gasteiger partial charge >= 0.3 is 0 Å². The van der Waals surface area contributed by atoms with Crippen LogP contribution in [0.4, 0.5) is 0 Å². The fourth-order valence-corrected chi connectivity index (χ4v) is 2.27. The first-order valence-electron chi connectivity index (χ1n) is 3.88. The lowest BCUT2D eigenvalue weighted by molar-refractivity contribution is 0.182. The van der Waals surface area contributed by atoms with Crippen LogP contribution < -0.4 is 0 Å². The van der Waals surface area contributed by atoms with E-state index in [0.29, 0.717) is 6.54 Å². The van der Waals surface area contributed by atoms with E-state index in [0.717, 1.165) is 5.57 Å². The van der Waals surface area contributed by atoms with Crippen molar-refractivity contribution >= 4 is 10.0 Å². The first-order valence-corrected chi connectivity index (χ1v) is 5.48. The third-order valence-corrected chi connectivity index (χ3v) is 3.48. The molecule has 0 atom stereocenters. The van der Waals surface area contributed by atoms with Crippen LogP contribution in [-0.4, -0.2) is 37.2 Å². The van der Waals surface area contributed by atoms with Crippen molar-refractivity contribution < 1.29 is 8.42 Å². The third-order valence-electron chi connectivity index (χ3n) is 1.80. The fourth-order valence-electron chi connectivity index (χ4n) is 1.18. The van der Waals surface area contributed by atoms with E-state index in [4.69, 9.17) is 0 Å². The standard InChI is InChI=1S/C7H14N2O2S/c1-4-12(10,11)9-6-7(2)5-8(9)3/h6H,4-5H2,1-3H3. The lowest BCUT2D eigenvalue weighted by Crippen LogP contribution is -2.37. The van der Waals surface area contributed by atoms with Gasteiger partial charge in [-0.25, -0.2) is 17.8 Å². The second kappa shape index (κ2) is 3.06. The smallest absolute Gasteiger partial charge is 0.207 e. The van der Waals surface area contributed by atoms with E-state index in [-0.39, 0.29) is 5.75 Å². The molecule has 0 fully saturated rings. The van der Waals surface area contributed by atoms with Crippen molar-refractivity contribution in [1.82, 2.24) is 9.42 Å². The van der Waals surface area contributed by atoms with Crippen LogP contribution in [0.5, 0.6) is 0 Å². The second-order valence-corrected chi connectivity index (χ2v) is 5.08. The van der Waals surface area contributed by atoms with E-state index >= 15 is 0 Å². The summed E-state index contributed by atoms with van der Waals surface area (Å²) in [5.74, 6) is 0.140. The molecule has 0 aromatic heterocycles. The lowest BCUT2D eigenvalue weighted by atomic mass is 10.3. The zero-order valence-corrected chi connectivity index (χ0v) is 8.43. The minimum absolute atomic E-state index is 0.140. The highest BCUT2D eigenvalue weighted by molar-refractivity contribution is 7.89. The highest BCUT2D eigenvalue weighted by Crippen LogP contribution is 2.16. The van der Waals surface area contributed by atoms with Crippen molar-refractivity contribution in [3.05, 3.63) is 11.8 Å². The predicted molar refractivity (Wildman–Crippen MR) is 47.7 cm³/mol. The minimum atomic E-state index is -3.10. The largest absolute Gasteiger partial charge is 0.247 e. The highest BCUT2D eigenvalue weighted by atomic mass is 32.2. The molecule has 0 spiro atoms. The molecule has 0 unspecified atom stereocenters. The van der Waals surface area contributed by atoms with E-state index in [1.807, 2.05) is 6.92 Å². The van der Waals surface area contributed by atoms with E-state index in [1.54, 1.807) is 25.2 Å². The zero-order chi connectivity index (χ0) is 9.35. The molecule has 0 saturated heterocycles. The van der Waals surface area contributed by atoms with E-state index in [9.17, 15) is 8.42 Å². The molecule has 0 saturated carbocycles. The highest BCUT2D eigenvalue weighted by Gasteiger charge is 2.25. The molecule has 0 radical (unpaired) electrons. The molecule has 1 aliphatic heterocycles. The maximum Gasteiger partial charge on any atom is 0.247 e. The van der Waals surface area contributed by atoms with Gasteiger partial charge in [-0.3, -0.25) is 0 Å². The zero-order valence-electron chi connectivity index (χ0n) is 7.61. The number of hydrogen-bond donors (Lipinski definition) is 0. The molecule has 0 aromatic carbocycles. The fraction of sp³-hybridized carbons (Fsp3) is 0.714. The van der Waals surface area contributed by atoms with Crippen LogP contribution in [0.15, 0.2) is 11.8 Å². The molecule has 0 amide bonds. The third kappa shape index (κ3) is 1.61. The summed E-state index contributed by atoms with van der Waals surface area (Å²) in [5, 5.41) is 1.69. The van der Waals surface area contributed by atoms with Crippen molar-refractivity contribution in [3.63, 3.8) is 0 Å². The topological polar surface area (TPSA) is 40.6 Å².